The Balaban J connectivity index is 1.62. The first-order valence-electron chi connectivity index (χ1n) is 12.9. The van der Waals surface area contributed by atoms with Crippen molar-refractivity contribution in [2.75, 3.05) is 13.7 Å². The Hall–Kier alpha value is -3.85. The number of methoxy groups -OCH3 is 1. The average molecular weight is 607 g/mol. The van der Waals surface area contributed by atoms with E-state index in [1.807, 2.05) is 0 Å². The van der Waals surface area contributed by atoms with Gasteiger partial charge in [-0.2, -0.15) is 17.5 Å². The number of carboxylic acid groups (broad SMARTS) is 1. The molecule has 2 unspecified atom stereocenters. The van der Waals surface area contributed by atoms with Crippen LogP contribution in [-0.4, -0.2) is 59.2 Å². The van der Waals surface area contributed by atoms with Crippen molar-refractivity contribution in [2.45, 2.75) is 43.0 Å². The van der Waals surface area contributed by atoms with Crippen LogP contribution < -0.4 is 9.47 Å². The van der Waals surface area contributed by atoms with E-state index in [4.69, 9.17) is 9.47 Å². The summed E-state index contributed by atoms with van der Waals surface area (Å²) in [5, 5.41) is 17.8. The molecule has 1 aromatic heterocycles. The molecule has 42 heavy (non-hydrogen) atoms. The quantitative estimate of drug-likeness (QED) is 0.235. The number of aryl methyl sites for hydroxylation is 1. The normalized spacial score (nSPS) is 18.5. The number of benzene rings is 3. The number of carbonyl (C=O) groups is 1. The van der Waals surface area contributed by atoms with Crippen LogP contribution in [0.4, 0.5) is 13.2 Å². The number of alkyl halides is 3. The van der Waals surface area contributed by atoms with Gasteiger partial charge in [-0.05, 0) is 53.9 Å². The predicted molar refractivity (Wildman–Crippen MR) is 149 cm³/mol. The Morgan fingerprint density at radius 2 is 1.90 bits per heavy atom. The highest BCUT2D eigenvalue weighted by atomic mass is 32.3. The standard InChI is InChI=1S/C28H29F3N4O6S/c1-16-14-35(42(38,39)25-7-5-4-6-23(25)41-16)15-19-10-17(8-9-21(19)28(29,30)31)20(13-26(36)37)18-11-22-27(24(12-18)40-3)34(2)33-32-22/h4-12,16,20,38-39H,13-15H2,1-3H3,(H,36,37). The number of rotatable bonds is 7. The zero-order valence-corrected chi connectivity index (χ0v) is 23.7. The Kier molecular flexibility index (Phi) is 7.83. The third-order valence-electron chi connectivity index (χ3n) is 7.17. The molecule has 3 N–H and O–H groups in total. The highest BCUT2D eigenvalue weighted by Crippen LogP contribution is 2.57. The van der Waals surface area contributed by atoms with E-state index >= 15 is 0 Å². The van der Waals surface area contributed by atoms with Crippen LogP contribution >= 0.6 is 10.8 Å². The summed E-state index contributed by atoms with van der Waals surface area (Å²) in [5.41, 5.74) is 0.551. The molecule has 1 aliphatic rings. The first-order chi connectivity index (χ1) is 19.8. The monoisotopic (exact) mass is 606 g/mol. The maximum Gasteiger partial charge on any atom is 0.416 e. The molecule has 3 aromatic carbocycles. The number of halogens is 3. The number of fused-ring (bicyclic) bond motifs is 2. The molecule has 10 nitrogen and oxygen atoms in total. The van der Waals surface area contributed by atoms with Gasteiger partial charge in [0.05, 0.1) is 25.6 Å². The van der Waals surface area contributed by atoms with Crippen LogP contribution in [-0.2, 0) is 24.6 Å². The molecule has 2 heterocycles. The summed E-state index contributed by atoms with van der Waals surface area (Å²) in [7, 11) is -0.622. The molecule has 1 aliphatic heterocycles. The number of carboxylic acids is 1. The predicted octanol–water partition coefficient (Wildman–Crippen LogP) is 5.91. The van der Waals surface area contributed by atoms with Crippen LogP contribution in [0.1, 0.15) is 41.5 Å². The van der Waals surface area contributed by atoms with E-state index in [9.17, 15) is 32.2 Å². The first-order valence-corrected chi connectivity index (χ1v) is 14.4. The maximum atomic E-state index is 14.2. The summed E-state index contributed by atoms with van der Waals surface area (Å²) in [4.78, 5) is 12.0. The van der Waals surface area contributed by atoms with Gasteiger partial charge in [-0.3, -0.25) is 13.9 Å². The van der Waals surface area contributed by atoms with Gasteiger partial charge in [0.15, 0.2) is 0 Å². The number of hydrogen-bond acceptors (Lipinski definition) is 8. The largest absolute Gasteiger partial charge is 0.494 e. The molecule has 224 valence electrons. The Bertz CT molecular complexity index is 1640. The molecule has 4 aromatic rings. The van der Waals surface area contributed by atoms with Crippen molar-refractivity contribution in [1.82, 2.24) is 19.3 Å². The number of para-hydroxylation sites is 1. The van der Waals surface area contributed by atoms with E-state index in [0.29, 0.717) is 27.9 Å². The number of nitrogens with zero attached hydrogens (tertiary/aromatic N) is 4. The molecule has 0 radical (unpaired) electrons. The number of hydrogen-bond donors (Lipinski definition) is 3. The lowest BCUT2D eigenvalue weighted by molar-refractivity contribution is -0.139. The van der Waals surface area contributed by atoms with Crippen LogP contribution in [0.15, 0.2) is 59.5 Å². The molecule has 0 spiro atoms. The van der Waals surface area contributed by atoms with Gasteiger partial charge in [-0.25, -0.2) is 4.68 Å². The summed E-state index contributed by atoms with van der Waals surface area (Å²) < 4.78 is 79.3. The molecule has 0 amide bonds. The molecule has 0 saturated heterocycles. The summed E-state index contributed by atoms with van der Waals surface area (Å²) >= 11 is 0. The summed E-state index contributed by atoms with van der Waals surface area (Å²) in [6.45, 7) is 1.13. The zero-order chi connectivity index (χ0) is 30.4. The highest BCUT2D eigenvalue weighted by Gasteiger charge is 2.38. The smallest absolute Gasteiger partial charge is 0.416 e. The molecular formula is C28H29F3N4O6S. The Morgan fingerprint density at radius 3 is 2.60 bits per heavy atom. The number of aromatic nitrogens is 3. The number of aliphatic carboxylic acids is 1. The van der Waals surface area contributed by atoms with E-state index in [1.54, 1.807) is 44.3 Å². The second kappa shape index (κ2) is 11.1. The minimum Gasteiger partial charge on any atom is -0.494 e. The summed E-state index contributed by atoms with van der Waals surface area (Å²) in [6.07, 6.45) is -5.76. The van der Waals surface area contributed by atoms with E-state index < -0.39 is 53.5 Å². The fourth-order valence-electron chi connectivity index (χ4n) is 5.27. The highest BCUT2D eigenvalue weighted by molar-refractivity contribution is 8.22. The lowest BCUT2D eigenvalue weighted by atomic mass is 9.86. The lowest BCUT2D eigenvalue weighted by Gasteiger charge is -2.42. The van der Waals surface area contributed by atoms with Gasteiger partial charge in [0.25, 0.3) is 0 Å². The zero-order valence-electron chi connectivity index (χ0n) is 22.9. The molecule has 0 aliphatic carbocycles. The Morgan fingerprint density at radius 1 is 1.17 bits per heavy atom. The van der Waals surface area contributed by atoms with Crippen molar-refractivity contribution in [3.05, 3.63) is 76.9 Å². The van der Waals surface area contributed by atoms with Crippen molar-refractivity contribution >= 4 is 27.8 Å². The van der Waals surface area contributed by atoms with Crippen LogP contribution in [0.2, 0.25) is 0 Å². The van der Waals surface area contributed by atoms with Crippen molar-refractivity contribution in [3.8, 4) is 11.5 Å². The van der Waals surface area contributed by atoms with E-state index in [1.165, 1.54) is 34.3 Å². The van der Waals surface area contributed by atoms with Gasteiger partial charge >= 0.3 is 12.1 Å². The molecule has 0 saturated carbocycles. The van der Waals surface area contributed by atoms with Gasteiger partial charge in [-0.1, -0.05) is 29.5 Å². The van der Waals surface area contributed by atoms with Gasteiger partial charge in [0, 0.05) is 19.5 Å². The van der Waals surface area contributed by atoms with Gasteiger partial charge in [-0.15, -0.1) is 15.9 Å². The lowest BCUT2D eigenvalue weighted by Crippen LogP contribution is -2.34. The fraction of sp³-hybridized carbons (Fsp3) is 0.321. The van der Waals surface area contributed by atoms with Gasteiger partial charge in [0.1, 0.15) is 33.5 Å². The van der Waals surface area contributed by atoms with Crippen LogP contribution in [0.3, 0.4) is 0 Å². The third-order valence-corrected chi connectivity index (χ3v) is 9.09. The Labute approximate surface area is 240 Å². The second-order valence-electron chi connectivity index (χ2n) is 10.1. The maximum absolute atomic E-state index is 14.2. The van der Waals surface area contributed by atoms with Crippen molar-refractivity contribution < 1.29 is 41.7 Å². The topological polar surface area (TPSA) is 130 Å². The van der Waals surface area contributed by atoms with Crippen LogP contribution in [0, 0.1) is 0 Å². The molecular weight excluding hydrogens is 577 g/mol. The van der Waals surface area contributed by atoms with Gasteiger partial charge in [0.2, 0.25) is 0 Å². The molecule has 0 fully saturated rings. The van der Waals surface area contributed by atoms with E-state index in [-0.39, 0.29) is 22.8 Å². The molecule has 14 heteroatoms. The minimum atomic E-state index is -4.76. The first kappa shape index (κ1) is 29.6. The van der Waals surface area contributed by atoms with E-state index in [2.05, 4.69) is 10.3 Å². The van der Waals surface area contributed by atoms with Crippen molar-refractivity contribution in [3.63, 3.8) is 0 Å². The summed E-state index contributed by atoms with van der Waals surface area (Å²) in [5.74, 6) is -1.42. The molecule has 5 rings (SSSR count). The average Bonchev–Trinajstić information content (AvgIpc) is 3.26. The van der Waals surface area contributed by atoms with Crippen molar-refractivity contribution in [2.24, 2.45) is 7.05 Å². The second-order valence-corrected chi connectivity index (χ2v) is 12.1. The minimum absolute atomic E-state index is 0.0718. The fourth-order valence-corrected chi connectivity index (χ4v) is 6.94. The van der Waals surface area contributed by atoms with Crippen LogP contribution in [0.25, 0.3) is 11.0 Å². The molecule has 0 bridgehead atoms. The van der Waals surface area contributed by atoms with Gasteiger partial charge < -0.3 is 14.6 Å². The number of ether oxygens (including phenoxy) is 2. The summed E-state index contributed by atoms with van der Waals surface area (Å²) in [6, 6.07) is 13.0. The van der Waals surface area contributed by atoms with Crippen LogP contribution in [0.5, 0.6) is 11.5 Å². The SMILES string of the molecule is COc1cc(C(CC(=O)O)c2ccc(C(F)(F)F)c(CN3CC(C)Oc4ccccc4S3(O)O)c2)cc2nnn(C)c12. The third kappa shape index (κ3) is 5.62. The van der Waals surface area contributed by atoms with E-state index in [0.717, 1.165) is 6.07 Å². The molecule has 2 atom stereocenters. The van der Waals surface area contributed by atoms with Crippen molar-refractivity contribution in [1.29, 1.82) is 0 Å².